The minimum absolute atomic E-state index is 0.120. The van der Waals surface area contributed by atoms with Crippen LogP contribution in [0.3, 0.4) is 0 Å². The van der Waals surface area contributed by atoms with Crippen LogP contribution in [0.15, 0.2) is 30.5 Å². The predicted octanol–water partition coefficient (Wildman–Crippen LogP) is 2.64. The van der Waals surface area contributed by atoms with Crippen LogP contribution in [0.25, 0.3) is 11.4 Å². The van der Waals surface area contributed by atoms with E-state index in [9.17, 15) is 4.79 Å². The highest BCUT2D eigenvalue weighted by atomic mass is 16.5. The van der Waals surface area contributed by atoms with Crippen LogP contribution in [0.4, 0.5) is 5.82 Å². The monoisotopic (exact) mass is 271 g/mol. The summed E-state index contributed by atoms with van der Waals surface area (Å²) in [5, 5.41) is 0. The van der Waals surface area contributed by atoms with Crippen LogP contribution in [-0.2, 0) is 4.74 Å². The minimum Gasteiger partial charge on any atom is -0.465 e. The number of hydrogen-bond acceptors (Lipinski definition) is 5. The Morgan fingerprint density at radius 1 is 1.25 bits per heavy atom. The molecule has 0 saturated heterocycles. The maximum Gasteiger partial charge on any atom is 0.343 e. The van der Waals surface area contributed by atoms with E-state index in [0.29, 0.717) is 11.7 Å². The van der Waals surface area contributed by atoms with E-state index >= 15 is 0 Å². The number of carbonyl (C=O) groups is 1. The van der Waals surface area contributed by atoms with E-state index in [4.69, 9.17) is 5.73 Å². The Hall–Kier alpha value is -2.43. The highest BCUT2D eigenvalue weighted by molar-refractivity contribution is 5.93. The standard InChI is InChI=1S/C15H17N3O2/c1-9(2)10-4-6-11(7-5-10)14-17-8-12(13(16)18-14)15(19)20-3/h4-9H,1-3H3,(H2,16,17,18). The maximum absolute atomic E-state index is 11.4. The summed E-state index contributed by atoms with van der Waals surface area (Å²) >= 11 is 0. The molecule has 0 aliphatic carbocycles. The summed E-state index contributed by atoms with van der Waals surface area (Å²) in [6.07, 6.45) is 1.39. The van der Waals surface area contributed by atoms with Crippen molar-refractivity contribution in [3.63, 3.8) is 0 Å². The van der Waals surface area contributed by atoms with Gasteiger partial charge in [-0.1, -0.05) is 38.1 Å². The van der Waals surface area contributed by atoms with Crippen molar-refractivity contribution in [2.75, 3.05) is 12.8 Å². The van der Waals surface area contributed by atoms with E-state index in [0.717, 1.165) is 5.56 Å². The van der Waals surface area contributed by atoms with Gasteiger partial charge in [0, 0.05) is 11.8 Å². The van der Waals surface area contributed by atoms with Crippen LogP contribution in [0.2, 0.25) is 0 Å². The van der Waals surface area contributed by atoms with Crippen molar-refractivity contribution in [2.45, 2.75) is 19.8 Å². The average Bonchev–Trinajstić information content (AvgIpc) is 2.46. The Morgan fingerprint density at radius 3 is 2.40 bits per heavy atom. The largest absolute Gasteiger partial charge is 0.465 e. The van der Waals surface area contributed by atoms with Gasteiger partial charge in [0.1, 0.15) is 11.4 Å². The van der Waals surface area contributed by atoms with Crippen LogP contribution in [-0.4, -0.2) is 23.0 Å². The molecule has 2 N–H and O–H groups in total. The van der Waals surface area contributed by atoms with Crippen molar-refractivity contribution in [1.82, 2.24) is 9.97 Å². The van der Waals surface area contributed by atoms with Gasteiger partial charge in [0.2, 0.25) is 0 Å². The van der Waals surface area contributed by atoms with Crippen molar-refractivity contribution in [3.8, 4) is 11.4 Å². The summed E-state index contributed by atoms with van der Waals surface area (Å²) in [7, 11) is 1.29. The summed E-state index contributed by atoms with van der Waals surface area (Å²) in [5.41, 5.74) is 8.04. The van der Waals surface area contributed by atoms with Gasteiger partial charge in [-0.25, -0.2) is 14.8 Å². The number of anilines is 1. The lowest BCUT2D eigenvalue weighted by atomic mass is 10.0. The fourth-order valence-electron chi connectivity index (χ4n) is 1.82. The fraction of sp³-hybridized carbons (Fsp3) is 0.267. The Bertz CT molecular complexity index is 622. The predicted molar refractivity (Wildman–Crippen MR) is 77.3 cm³/mol. The molecule has 0 amide bonds. The summed E-state index contributed by atoms with van der Waals surface area (Å²) in [6, 6.07) is 7.96. The lowest BCUT2D eigenvalue weighted by molar-refractivity contribution is 0.0601. The van der Waals surface area contributed by atoms with Gasteiger partial charge in [-0.15, -0.1) is 0 Å². The molecule has 0 unspecified atom stereocenters. The van der Waals surface area contributed by atoms with E-state index in [1.807, 2.05) is 24.3 Å². The number of nitrogen functional groups attached to an aromatic ring is 1. The first-order valence-electron chi connectivity index (χ1n) is 6.34. The number of benzene rings is 1. The molecule has 0 spiro atoms. The molecule has 0 saturated carbocycles. The molecule has 0 fully saturated rings. The van der Waals surface area contributed by atoms with Gasteiger partial charge < -0.3 is 10.5 Å². The van der Waals surface area contributed by atoms with E-state index in [1.54, 1.807) is 0 Å². The molecule has 1 heterocycles. The molecular weight excluding hydrogens is 254 g/mol. The molecule has 0 bridgehead atoms. The van der Waals surface area contributed by atoms with Crippen LogP contribution in [0.5, 0.6) is 0 Å². The van der Waals surface area contributed by atoms with Crippen molar-refractivity contribution in [3.05, 3.63) is 41.6 Å². The number of hydrogen-bond donors (Lipinski definition) is 1. The average molecular weight is 271 g/mol. The number of carbonyl (C=O) groups excluding carboxylic acids is 1. The number of esters is 1. The van der Waals surface area contributed by atoms with E-state index in [-0.39, 0.29) is 11.4 Å². The number of nitrogens with zero attached hydrogens (tertiary/aromatic N) is 2. The molecule has 2 aromatic rings. The molecule has 20 heavy (non-hydrogen) atoms. The first-order valence-corrected chi connectivity index (χ1v) is 6.34. The molecule has 1 aromatic heterocycles. The normalized spacial score (nSPS) is 10.6. The van der Waals surface area contributed by atoms with Gasteiger partial charge in [-0.2, -0.15) is 0 Å². The van der Waals surface area contributed by atoms with Crippen LogP contribution >= 0.6 is 0 Å². The lowest BCUT2D eigenvalue weighted by Gasteiger charge is -2.07. The van der Waals surface area contributed by atoms with E-state index < -0.39 is 5.97 Å². The van der Waals surface area contributed by atoms with Gasteiger partial charge in [0.15, 0.2) is 5.82 Å². The van der Waals surface area contributed by atoms with Gasteiger partial charge >= 0.3 is 5.97 Å². The second kappa shape index (κ2) is 5.69. The molecule has 2 rings (SSSR count). The molecular formula is C15H17N3O2. The zero-order valence-corrected chi connectivity index (χ0v) is 11.8. The summed E-state index contributed by atoms with van der Waals surface area (Å²) in [5.74, 6) is 0.543. The van der Waals surface area contributed by atoms with Crippen molar-refractivity contribution in [1.29, 1.82) is 0 Å². The molecule has 1 aromatic carbocycles. The van der Waals surface area contributed by atoms with E-state index in [1.165, 1.54) is 18.9 Å². The second-order valence-electron chi connectivity index (χ2n) is 4.76. The summed E-state index contributed by atoms with van der Waals surface area (Å²) in [4.78, 5) is 19.7. The van der Waals surface area contributed by atoms with Gasteiger partial charge in [0.05, 0.1) is 7.11 Å². The quantitative estimate of drug-likeness (QED) is 0.868. The van der Waals surface area contributed by atoms with Gasteiger partial charge in [0.25, 0.3) is 0 Å². The lowest BCUT2D eigenvalue weighted by Crippen LogP contribution is -2.09. The third-order valence-electron chi connectivity index (χ3n) is 3.06. The number of aromatic nitrogens is 2. The third kappa shape index (κ3) is 2.77. The van der Waals surface area contributed by atoms with Crippen LogP contribution in [0, 0.1) is 0 Å². The molecule has 5 heteroatoms. The van der Waals surface area contributed by atoms with Crippen LogP contribution in [0.1, 0.15) is 35.7 Å². The SMILES string of the molecule is COC(=O)c1cnc(-c2ccc(C(C)C)cc2)nc1N. The molecule has 0 aliphatic heterocycles. The van der Waals surface area contributed by atoms with Crippen molar-refractivity contribution < 1.29 is 9.53 Å². The zero-order chi connectivity index (χ0) is 14.7. The maximum atomic E-state index is 11.4. The number of ether oxygens (including phenoxy) is 1. The Labute approximate surface area is 117 Å². The topological polar surface area (TPSA) is 78.1 Å². The smallest absolute Gasteiger partial charge is 0.343 e. The molecule has 104 valence electrons. The van der Waals surface area contributed by atoms with Gasteiger partial charge in [-0.05, 0) is 11.5 Å². The number of nitrogens with two attached hydrogens (primary N) is 1. The van der Waals surface area contributed by atoms with Crippen molar-refractivity contribution in [2.24, 2.45) is 0 Å². The van der Waals surface area contributed by atoms with Crippen LogP contribution < -0.4 is 5.73 Å². The molecule has 5 nitrogen and oxygen atoms in total. The molecule has 0 aliphatic rings. The Kier molecular flexibility index (Phi) is 3.98. The second-order valence-corrected chi connectivity index (χ2v) is 4.76. The zero-order valence-electron chi connectivity index (χ0n) is 11.8. The molecule has 0 atom stereocenters. The highest BCUT2D eigenvalue weighted by Gasteiger charge is 2.13. The van der Waals surface area contributed by atoms with E-state index in [2.05, 4.69) is 28.6 Å². The number of rotatable bonds is 3. The Morgan fingerprint density at radius 2 is 1.90 bits per heavy atom. The number of methoxy groups -OCH3 is 1. The van der Waals surface area contributed by atoms with Crippen molar-refractivity contribution >= 4 is 11.8 Å². The first kappa shape index (κ1) is 14.0. The summed E-state index contributed by atoms with van der Waals surface area (Å²) < 4.78 is 4.61. The first-order chi connectivity index (χ1) is 9.52. The summed E-state index contributed by atoms with van der Waals surface area (Å²) in [6.45, 7) is 4.27. The third-order valence-corrected chi connectivity index (χ3v) is 3.06. The fourth-order valence-corrected chi connectivity index (χ4v) is 1.82. The minimum atomic E-state index is -0.538. The molecule has 0 radical (unpaired) electrons. The highest BCUT2D eigenvalue weighted by Crippen LogP contribution is 2.21. The van der Waals surface area contributed by atoms with Gasteiger partial charge in [-0.3, -0.25) is 0 Å². The Balaban J connectivity index is 2.34.